The molecule has 0 bridgehead atoms. The van der Waals surface area contributed by atoms with E-state index in [-0.39, 0.29) is 23.1 Å². The van der Waals surface area contributed by atoms with Gasteiger partial charge in [0.15, 0.2) is 11.4 Å². The molecule has 40 heavy (non-hydrogen) atoms. The van der Waals surface area contributed by atoms with Gasteiger partial charge in [-0.3, -0.25) is 4.72 Å². The van der Waals surface area contributed by atoms with Crippen LogP contribution in [0.25, 0.3) is 0 Å². The Hall–Kier alpha value is -2.72. The quantitative estimate of drug-likeness (QED) is 0.314. The van der Waals surface area contributed by atoms with Crippen molar-refractivity contribution < 1.29 is 22.6 Å². The van der Waals surface area contributed by atoms with Gasteiger partial charge in [-0.05, 0) is 94.1 Å². The van der Waals surface area contributed by atoms with Crippen molar-refractivity contribution in [3.8, 4) is 17.4 Å². The van der Waals surface area contributed by atoms with Crippen LogP contribution in [0.15, 0.2) is 47.5 Å². The number of benzene rings is 2. The summed E-state index contributed by atoms with van der Waals surface area (Å²) in [6.45, 7) is 4.99. The second-order valence-corrected chi connectivity index (χ2v) is 12.8. The van der Waals surface area contributed by atoms with Gasteiger partial charge >= 0.3 is 0 Å². The highest BCUT2D eigenvalue weighted by molar-refractivity contribution is 7.92. The summed E-state index contributed by atoms with van der Waals surface area (Å²) in [5, 5.41) is 0.891. The molecular formula is C29H33Cl2N3O5S. The molecule has 0 atom stereocenters. The summed E-state index contributed by atoms with van der Waals surface area (Å²) in [6.07, 6.45) is 5.40. The van der Waals surface area contributed by atoms with Crippen molar-refractivity contribution in [1.29, 1.82) is 0 Å². The first-order valence-corrected chi connectivity index (χ1v) is 15.6. The van der Waals surface area contributed by atoms with Crippen molar-refractivity contribution >= 4 is 38.9 Å². The minimum absolute atomic E-state index is 0.0727. The van der Waals surface area contributed by atoms with E-state index in [0.29, 0.717) is 46.2 Å². The summed E-state index contributed by atoms with van der Waals surface area (Å²) in [6, 6.07) is 10.2. The van der Waals surface area contributed by atoms with Gasteiger partial charge in [0.1, 0.15) is 12.4 Å². The number of fused-ring (bicyclic) bond motifs is 1. The molecule has 5 rings (SSSR count). The maximum absolute atomic E-state index is 13.4. The second-order valence-electron chi connectivity index (χ2n) is 10.3. The zero-order valence-corrected chi connectivity index (χ0v) is 24.9. The minimum Gasteiger partial charge on any atom is -0.492 e. The first kappa shape index (κ1) is 28.8. The fourth-order valence-corrected chi connectivity index (χ4v) is 6.63. The molecule has 0 saturated carbocycles. The first-order valence-electron chi connectivity index (χ1n) is 13.4. The van der Waals surface area contributed by atoms with Crippen molar-refractivity contribution in [2.24, 2.45) is 5.92 Å². The average molecular weight is 607 g/mol. The number of nitrogens with zero attached hydrogens (tertiary/aromatic N) is 2. The zero-order chi connectivity index (χ0) is 28.3. The highest BCUT2D eigenvalue weighted by Gasteiger charge is 2.27. The van der Waals surface area contributed by atoms with Crippen molar-refractivity contribution in [1.82, 2.24) is 9.88 Å². The first-order chi connectivity index (χ1) is 19.2. The summed E-state index contributed by atoms with van der Waals surface area (Å²) in [4.78, 5) is 6.85. The molecule has 0 aliphatic carbocycles. The number of piperidine rings is 1. The maximum Gasteiger partial charge on any atom is 0.262 e. The summed E-state index contributed by atoms with van der Waals surface area (Å²) < 4.78 is 47.6. The van der Waals surface area contributed by atoms with E-state index in [1.807, 2.05) is 12.1 Å². The van der Waals surface area contributed by atoms with Gasteiger partial charge in [-0.2, -0.15) is 0 Å². The van der Waals surface area contributed by atoms with E-state index in [9.17, 15) is 8.42 Å². The number of likely N-dealkylation sites (tertiary alicyclic amines) is 1. The Bertz CT molecular complexity index is 1480. The molecule has 2 aromatic carbocycles. The van der Waals surface area contributed by atoms with Crippen LogP contribution >= 0.6 is 23.2 Å². The Morgan fingerprint density at radius 2 is 1.93 bits per heavy atom. The van der Waals surface area contributed by atoms with Crippen molar-refractivity contribution in [2.75, 3.05) is 38.1 Å². The Balaban J connectivity index is 1.36. The lowest BCUT2D eigenvalue weighted by molar-refractivity contribution is 0.160. The van der Waals surface area contributed by atoms with Crippen LogP contribution in [0.3, 0.4) is 0 Å². The van der Waals surface area contributed by atoms with Crippen LogP contribution < -0.4 is 18.9 Å². The Labute approximate surface area is 245 Å². The number of nitrogens with one attached hydrogen (secondary N) is 1. The van der Waals surface area contributed by atoms with Gasteiger partial charge in [-0.25, -0.2) is 13.4 Å². The molecular weight excluding hydrogens is 573 g/mol. The molecule has 1 aromatic heterocycles. The van der Waals surface area contributed by atoms with Crippen LogP contribution in [-0.4, -0.2) is 51.7 Å². The molecule has 1 fully saturated rings. The van der Waals surface area contributed by atoms with Crippen LogP contribution in [0.4, 0.5) is 5.69 Å². The monoisotopic (exact) mass is 605 g/mol. The molecule has 2 aliphatic heterocycles. The van der Waals surface area contributed by atoms with Crippen LogP contribution in [0.5, 0.6) is 17.4 Å². The molecule has 3 heterocycles. The van der Waals surface area contributed by atoms with Crippen LogP contribution in [0.2, 0.25) is 10.0 Å². The number of halogens is 2. The Morgan fingerprint density at radius 3 is 2.73 bits per heavy atom. The highest BCUT2D eigenvalue weighted by Crippen LogP contribution is 2.41. The molecule has 0 amide bonds. The van der Waals surface area contributed by atoms with Crippen LogP contribution in [-0.2, 0) is 23.1 Å². The third-order valence-corrected chi connectivity index (χ3v) is 9.55. The summed E-state index contributed by atoms with van der Waals surface area (Å²) in [5.74, 6) is 1.64. The lowest BCUT2D eigenvalue weighted by Crippen LogP contribution is -2.32. The molecule has 0 unspecified atom stereocenters. The number of aryl methyl sites for hydroxylation is 1. The zero-order valence-electron chi connectivity index (χ0n) is 22.6. The van der Waals surface area contributed by atoms with Crippen molar-refractivity contribution in [3.63, 3.8) is 0 Å². The van der Waals surface area contributed by atoms with Crippen molar-refractivity contribution in [2.45, 2.75) is 44.1 Å². The second kappa shape index (κ2) is 12.4. The number of rotatable bonds is 9. The summed E-state index contributed by atoms with van der Waals surface area (Å²) in [7, 11) is -1.88. The van der Waals surface area contributed by atoms with Gasteiger partial charge < -0.3 is 19.1 Å². The third-order valence-electron chi connectivity index (χ3n) is 7.33. The minimum atomic E-state index is -4.01. The Kier molecular flexibility index (Phi) is 8.95. The number of ether oxygens (including phenoxy) is 3. The highest BCUT2D eigenvalue weighted by atomic mass is 35.5. The summed E-state index contributed by atoms with van der Waals surface area (Å²) >= 11 is 12.6. The van der Waals surface area contributed by atoms with Crippen LogP contribution in [0.1, 0.15) is 36.0 Å². The molecule has 1 saturated heterocycles. The maximum atomic E-state index is 13.4. The number of pyridine rings is 1. The SMILES string of the molecule is Cc1c(Cl)cccc1S(=O)(=O)Nc1c(OCc2ccc(Cl)c(OCC3CCN(C)CC3)c2)ncc2c1OCCC2. The van der Waals surface area contributed by atoms with Gasteiger partial charge in [0.05, 0.1) is 23.1 Å². The van der Waals surface area contributed by atoms with E-state index in [0.717, 1.165) is 49.9 Å². The largest absolute Gasteiger partial charge is 0.492 e. The van der Waals surface area contributed by atoms with E-state index in [2.05, 4.69) is 21.7 Å². The molecule has 1 N–H and O–H groups in total. The fraction of sp³-hybridized carbons (Fsp3) is 0.414. The van der Waals surface area contributed by atoms with E-state index in [1.165, 1.54) is 6.07 Å². The number of aromatic nitrogens is 1. The molecule has 8 nitrogen and oxygen atoms in total. The normalized spacial score (nSPS) is 16.2. The molecule has 0 spiro atoms. The number of anilines is 1. The van der Waals surface area contributed by atoms with Gasteiger partial charge in [-0.15, -0.1) is 0 Å². The number of hydrogen-bond acceptors (Lipinski definition) is 7. The topological polar surface area (TPSA) is 90.0 Å². The van der Waals surface area contributed by atoms with Gasteiger partial charge in [0.25, 0.3) is 10.0 Å². The smallest absolute Gasteiger partial charge is 0.262 e. The fourth-order valence-electron chi connectivity index (χ4n) is 4.90. The van der Waals surface area contributed by atoms with E-state index >= 15 is 0 Å². The summed E-state index contributed by atoms with van der Waals surface area (Å²) in [5.41, 5.74) is 2.24. The molecule has 2 aliphatic rings. The molecule has 3 aromatic rings. The Morgan fingerprint density at radius 1 is 1.12 bits per heavy atom. The average Bonchev–Trinajstić information content (AvgIpc) is 2.94. The van der Waals surface area contributed by atoms with Crippen molar-refractivity contribution in [3.05, 3.63) is 69.3 Å². The predicted molar refractivity (Wildman–Crippen MR) is 157 cm³/mol. The lowest BCUT2D eigenvalue weighted by atomic mass is 9.98. The van der Waals surface area contributed by atoms with Gasteiger partial charge in [0, 0.05) is 16.8 Å². The molecule has 214 valence electrons. The number of hydrogen-bond donors (Lipinski definition) is 1. The standard InChI is InChI=1S/C29H33Cl2N3O5S/c1-19-23(30)6-3-7-26(19)40(35,36)33-27-28-22(5-4-14-37-28)16-32-29(27)39-18-21-8-9-24(31)25(15-21)38-17-20-10-12-34(2)13-11-20/h3,6-9,15-16,20,33H,4-5,10-14,17-18H2,1-2H3. The van der Waals surface area contributed by atoms with E-state index in [4.69, 9.17) is 37.4 Å². The van der Waals surface area contributed by atoms with E-state index in [1.54, 1.807) is 31.3 Å². The predicted octanol–water partition coefficient (Wildman–Crippen LogP) is 6.12. The van der Waals surface area contributed by atoms with Crippen LogP contribution in [0, 0.1) is 12.8 Å². The lowest BCUT2D eigenvalue weighted by Gasteiger charge is -2.28. The molecule has 0 radical (unpaired) electrons. The van der Waals surface area contributed by atoms with E-state index < -0.39 is 10.0 Å². The van der Waals surface area contributed by atoms with Gasteiger partial charge in [-0.1, -0.05) is 35.3 Å². The number of sulfonamides is 1. The third kappa shape index (κ3) is 6.60. The van der Waals surface area contributed by atoms with Gasteiger partial charge in [0.2, 0.25) is 5.88 Å². The molecule has 11 heteroatoms.